The molecule has 3 N–H and O–H groups in total. The maximum absolute atomic E-state index is 10.6. The van der Waals surface area contributed by atoms with Gasteiger partial charge in [0.15, 0.2) is 0 Å². The van der Waals surface area contributed by atoms with Gasteiger partial charge in [-0.05, 0) is 5.92 Å². The van der Waals surface area contributed by atoms with Crippen LogP contribution >= 0.6 is 0 Å². The average Bonchev–Trinajstić information content (AvgIpc) is 2.42. The Bertz CT molecular complexity index is 194. The summed E-state index contributed by atoms with van der Waals surface area (Å²) in [6.45, 7) is 4.62. The minimum absolute atomic E-state index is 0.0144. The fraction of sp³-hybridized carbons (Fsp3) is 0.875. The summed E-state index contributed by atoms with van der Waals surface area (Å²) in [6.07, 6.45) is -0.280. The highest BCUT2D eigenvalue weighted by Gasteiger charge is 2.22. The quantitative estimate of drug-likeness (QED) is 0.520. The molecule has 0 bridgehead atoms. The third-order valence-corrected chi connectivity index (χ3v) is 2.42. The maximum atomic E-state index is 10.6. The van der Waals surface area contributed by atoms with Crippen molar-refractivity contribution < 1.29 is 9.53 Å². The predicted molar refractivity (Wildman–Crippen MR) is 47.5 cm³/mol. The molecule has 2 rings (SSSR count). The number of hydrogen-bond acceptors (Lipinski definition) is 4. The molecule has 5 nitrogen and oxygen atoms in total. The summed E-state index contributed by atoms with van der Waals surface area (Å²) < 4.78 is 4.97. The number of carbonyl (C=O) groups excluding carboxylic acids is 1. The number of rotatable bonds is 4. The van der Waals surface area contributed by atoms with E-state index in [1.807, 2.05) is 0 Å². The zero-order valence-corrected chi connectivity index (χ0v) is 7.51. The van der Waals surface area contributed by atoms with Gasteiger partial charge in [-0.1, -0.05) is 0 Å². The second-order valence-electron chi connectivity index (χ2n) is 3.59. The van der Waals surface area contributed by atoms with Crippen LogP contribution in [0, 0.1) is 5.92 Å². The van der Waals surface area contributed by atoms with Crippen molar-refractivity contribution in [3.05, 3.63) is 0 Å². The van der Waals surface area contributed by atoms with Crippen LogP contribution in [-0.4, -0.2) is 44.9 Å². The van der Waals surface area contributed by atoms with E-state index in [0.717, 1.165) is 32.1 Å². The fourth-order valence-electron chi connectivity index (χ4n) is 1.49. The SMILES string of the molecule is O=C1NC[C@@H](CNCC2CNC2)O1. The second kappa shape index (κ2) is 3.93. The summed E-state index contributed by atoms with van der Waals surface area (Å²) in [7, 11) is 0. The van der Waals surface area contributed by atoms with Crippen molar-refractivity contribution in [3.8, 4) is 0 Å². The molecule has 74 valence electrons. The van der Waals surface area contributed by atoms with Crippen LogP contribution in [0.3, 0.4) is 0 Å². The van der Waals surface area contributed by atoms with Crippen LogP contribution in [0.15, 0.2) is 0 Å². The van der Waals surface area contributed by atoms with Crippen molar-refractivity contribution in [2.75, 3.05) is 32.7 Å². The molecule has 0 aromatic heterocycles. The van der Waals surface area contributed by atoms with E-state index in [-0.39, 0.29) is 12.2 Å². The molecule has 2 heterocycles. The third-order valence-electron chi connectivity index (χ3n) is 2.42. The Kier molecular flexibility index (Phi) is 2.65. The number of cyclic esters (lactones) is 1. The van der Waals surface area contributed by atoms with E-state index in [1.165, 1.54) is 0 Å². The van der Waals surface area contributed by atoms with Crippen LogP contribution in [0.5, 0.6) is 0 Å². The smallest absolute Gasteiger partial charge is 0.407 e. The number of hydrogen-bond donors (Lipinski definition) is 3. The standard InChI is InChI=1S/C8H15N3O2/c12-8-11-5-7(13-8)4-10-3-6-1-9-2-6/h6-7,9-10H,1-5H2,(H,11,12)/t7-/m1/s1. The minimum Gasteiger partial charge on any atom is -0.443 e. The maximum Gasteiger partial charge on any atom is 0.407 e. The van der Waals surface area contributed by atoms with Crippen molar-refractivity contribution in [1.29, 1.82) is 0 Å². The summed E-state index contributed by atoms with van der Waals surface area (Å²) in [6, 6.07) is 0. The van der Waals surface area contributed by atoms with Gasteiger partial charge < -0.3 is 20.7 Å². The molecule has 1 atom stereocenters. The van der Waals surface area contributed by atoms with Gasteiger partial charge in [0.25, 0.3) is 0 Å². The van der Waals surface area contributed by atoms with Gasteiger partial charge in [0, 0.05) is 26.2 Å². The van der Waals surface area contributed by atoms with Crippen LogP contribution in [-0.2, 0) is 4.74 Å². The lowest BCUT2D eigenvalue weighted by Gasteiger charge is -2.27. The van der Waals surface area contributed by atoms with Crippen LogP contribution in [0.2, 0.25) is 0 Å². The Morgan fingerprint density at radius 3 is 2.77 bits per heavy atom. The van der Waals surface area contributed by atoms with Gasteiger partial charge in [0.05, 0.1) is 6.54 Å². The van der Waals surface area contributed by atoms with E-state index in [1.54, 1.807) is 0 Å². The normalized spacial score (nSPS) is 28.0. The average molecular weight is 185 g/mol. The Morgan fingerprint density at radius 2 is 2.23 bits per heavy atom. The monoisotopic (exact) mass is 185 g/mol. The summed E-state index contributed by atoms with van der Waals surface area (Å²) in [4.78, 5) is 10.6. The molecule has 5 heteroatoms. The van der Waals surface area contributed by atoms with Crippen molar-refractivity contribution in [3.63, 3.8) is 0 Å². The molecular weight excluding hydrogens is 170 g/mol. The molecule has 0 aromatic rings. The first-order valence-electron chi connectivity index (χ1n) is 4.70. The Labute approximate surface area is 77.2 Å². The Balaban J connectivity index is 1.54. The summed E-state index contributed by atoms with van der Waals surface area (Å²) in [5, 5.41) is 9.12. The number of ether oxygens (including phenoxy) is 1. The van der Waals surface area contributed by atoms with E-state index >= 15 is 0 Å². The summed E-state index contributed by atoms with van der Waals surface area (Å²) in [5.74, 6) is 0.755. The highest BCUT2D eigenvalue weighted by molar-refractivity contribution is 5.69. The van der Waals surface area contributed by atoms with Gasteiger partial charge in [0.2, 0.25) is 0 Å². The molecule has 0 unspecified atom stereocenters. The van der Waals surface area contributed by atoms with Gasteiger partial charge in [-0.15, -0.1) is 0 Å². The van der Waals surface area contributed by atoms with Crippen LogP contribution in [0.4, 0.5) is 4.79 Å². The largest absolute Gasteiger partial charge is 0.443 e. The first-order valence-corrected chi connectivity index (χ1v) is 4.70. The van der Waals surface area contributed by atoms with E-state index in [4.69, 9.17) is 4.74 Å². The number of nitrogens with one attached hydrogen (secondary N) is 3. The molecule has 1 amide bonds. The summed E-state index contributed by atoms with van der Waals surface area (Å²) >= 11 is 0. The first kappa shape index (κ1) is 8.77. The molecule has 13 heavy (non-hydrogen) atoms. The number of alkyl carbamates (subject to hydrolysis) is 1. The molecule has 0 spiro atoms. The molecule has 2 fully saturated rings. The molecule has 0 aromatic carbocycles. The second-order valence-corrected chi connectivity index (χ2v) is 3.59. The van der Waals surface area contributed by atoms with Gasteiger partial charge in [0.1, 0.15) is 6.10 Å². The molecule has 0 saturated carbocycles. The number of amides is 1. The van der Waals surface area contributed by atoms with Crippen molar-refractivity contribution in [2.45, 2.75) is 6.10 Å². The zero-order valence-electron chi connectivity index (χ0n) is 7.51. The number of carbonyl (C=O) groups is 1. The topological polar surface area (TPSA) is 62.4 Å². The van der Waals surface area contributed by atoms with Crippen LogP contribution in [0.25, 0.3) is 0 Å². The van der Waals surface area contributed by atoms with E-state index in [0.29, 0.717) is 6.54 Å². The fourth-order valence-corrected chi connectivity index (χ4v) is 1.49. The molecule has 0 aliphatic carbocycles. The van der Waals surface area contributed by atoms with E-state index < -0.39 is 0 Å². The van der Waals surface area contributed by atoms with Crippen LogP contribution < -0.4 is 16.0 Å². The summed E-state index contributed by atoms with van der Waals surface area (Å²) in [5.41, 5.74) is 0. The highest BCUT2D eigenvalue weighted by atomic mass is 16.6. The van der Waals surface area contributed by atoms with Gasteiger partial charge in [-0.2, -0.15) is 0 Å². The van der Waals surface area contributed by atoms with Crippen LogP contribution in [0.1, 0.15) is 0 Å². The molecule has 2 aliphatic heterocycles. The first-order chi connectivity index (χ1) is 6.34. The lowest BCUT2D eigenvalue weighted by molar-refractivity contribution is 0.138. The Morgan fingerprint density at radius 1 is 1.38 bits per heavy atom. The van der Waals surface area contributed by atoms with Crippen molar-refractivity contribution in [1.82, 2.24) is 16.0 Å². The highest BCUT2D eigenvalue weighted by Crippen LogP contribution is 2.01. The predicted octanol–water partition coefficient (Wildman–Crippen LogP) is -1.10. The van der Waals surface area contributed by atoms with Crippen molar-refractivity contribution in [2.24, 2.45) is 5.92 Å². The van der Waals surface area contributed by atoms with Crippen molar-refractivity contribution >= 4 is 6.09 Å². The minimum atomic E-state index is -0.294. The zero-order chi connectivity index (χ0) is 9.10. The third kappa shape index (κ3) is 2.32. The molecule has 2 aliphatic rings. The lowest BCUT2D eigenvalue weighted by Crippen LogP contribution is -2.48. The van der Waals surface area contributed by atoms with E-state index in [2.05, 4.69) is 16.0 Å². The van der Waals surface area contributed by atoms with Gasteiger partial charge in [-0.3, -0.25) is 0 Å². The lowest BCUT2D eigenvalue weighted by atomic mass is 10.0. The molecular formula is C8H15N3O2. The Hall–Kier alpha value is -0.810. The molecule has 2 saturated heterocycles. The van der Waals surface area contributed by atoms with E-state index in [9.17, 15) is 4.79 Å². The molecule has 0 radical (unpaired) electrons. The van der Waals surface area contributed by atoms with Gasteiger partial charge in [-0.25, -0.2) is 4.79 Å². The van der Waals surface area contributed by atoms with Gasteiger partial charge >= 0.3 is 6.09 Å².